The van der Waals surface area contributed by atoms with Gasteiger partial charge in [0.05, 0.1) is 0 Å². The van der Waals surface area contributed by atoms with Crippen molar-refractivity contribution >= 4 is 0 Å². The molecule has 1 saturated carbocycles. The van der Waals surface area contributed by atoms with Crippen LogP contribution in [0.2, 0.25) is 0 Å². The Labute approximate surface area is 88.1 Å². The van der Waals surface area contributed by atoms with Gasteiger partial charge in [-0.2, -0.15) is 0 Å². The molecule has 1 saturated heterocycles. The van der Waals surface area contributed by atoms with E-state index in [0.29, 0.717) is 0 Å². The summed E-state index contributed by atoms with van der Waals surface area (Å²) >= 11 is 0. The normalized spacial score (nSPS) is 28.3. The van der Waals surface area contributed by atoms with Gasteiger partial charge in [0.1, 0.15) is 0 Å². The molecule has 1 aliphatic heterocycles. The fourth-order valence-corrected chi connectivity index (χ4v) is 2.50. The fraction of sp³-hybridized carbons (Fsp3) is 1.00. The highest BCUT2D eigenvalue weighted by molar-refractivity contribution is 4.80. The zero-order valence-corrected chi connectivity index (χ0v) is 9.47. The van der Waals surface area contributed by atoms with Crippen LogP contribution in [0.1, 0.15) is 39.0 Å². The predicted molar refractivity (Wildman–Crippen MR) is 60.5 cm³/mol. The van der Waals surface area contributed by atoms with E-state index in [-0.39, 0.29) is 0 Å². The first-order valence-electron chi connectivity index (χ1n) is 6.35. The van der Waals surface area contributed by atoms with Crippen molar-refractivity contribution in [3.8, 4) is 0 Å². The average Bonchev–Trinajstić information content (AvgIpc) is 3.04. The maximum atomic E-state index is 3.51. The molecule has 0 amide bonds. The van der Waals surface area contributed by atoms with Gasteiger partial charge in [0.2, 0.25) is 0 Å². The Morgan fingerprint density at radius 2 is 2.14 bits per heavy atom. The second kappa shape index (κ2) is 5.13. The van der Waals surface area contributed by atoms with Crippen LogP contribution in [0.15, 0.2) is 0 Å². The van der Waals surface area contributed by atoms with E-state index in [4.69, 9.17) is 0 Å². The van der Waals surface area contributed by atoms with Gasteiger partial charge >= 0.3 is 0 Å². The van der Waals surface area contributed by atoms with Gasteiger partial charge in [0, 0.05) is 12.6 Å². The molecule has 14 heavy (non-hydrogen) atoms. The molecule has 2 fully saturated rings. The molecule has 0 aromatic rings. The lowest BCUT2D eigenvalue weighted by Crippen LogP contribution is -2.46. The molecule has 2 rings (SSSR count). The van der Waals surface area contributed by atoms with Crippen LogP contribution in [0, 0.1) is 5.92 Å². The molecule has 82 valence electrons. The van der Waals surface area contributed by atoms with Gasteiger partial charge in [-0.25, -0.2) is 0 Å². The van der Waals surface area contributed by atoms with E-state index < -0.39 is 0 Å². The first-order valence-corrected chi connectivity index (χ1v) is 6.35. The van der Waals surface area contributed by atoms with Gasteiger partial charge < -0.3 is 5.32 Å². The summed E-state index contributed by atoms with van der Waals surface area (Å²) in [5.41, 5.74) is 0. The van der Waals surface area contributed by atoms with Crippen LogP contribution < -0.4 is 5.32 Å². The summed E-state index contributed by atoms with van der Waals surface area (Å²) in [6.45, 7) is 7.34. The maximum Gasteiger partial charge on any atom is 0.0220 e. The van der Waals surface area contributed by atoms with Gasteiger partial charge in [0.25, 0.3) is 0 Å². The monoisotopic (exact) mass is 196 g/mol. The van der Waals surface area contributed by atoms with Crippen molar-refractivity contribution in [1.29, 1.82) is 0 Å². The number of hydrogen-bond acceptors (Lipinski definition) is 2. The Morgan fingerprint density at radius 1 is 1.29 bits per heavy atom. The highest BCUT2D eigenvalue weighted by atomic mass is 15.2. The molecular formula is C12H24N2. The minimum atomic E-state index is 0.826. The van der Waals surface area contributed by atoms with Crippen LogP contribution in [0.5, 0.6) is 0 Å². The summed E-state index contributed by atoms with van der Waals surface area (Å²) in [5, 5.41) is 3.51. The number of piperidine rings is 1. The number of rotatable bonds is 5. The third-order valence-corrected chi connectivity index (χ3v) is 3.71. The average molecular weight is 196 g/mol. The molecule has 1 atom stereocenters. The molecule has 2 nitrogen and oxygen atoms in total. The van der Waals surface area contributed by atoms with E-state index in [0.717, 1.165) is 12.0 Å². The van der Waals surface area contributed by atoms with Crippen molar-refractivity contribution in [2.24, 2.45) is 5.92 Å². The fourth-order valence-electron chi connectivity index (χ4n) is 2.50. The Hall–Kier alpha value is -0.0800. The smallest absolute Gasteiger partial charge is 0.0220 e. The van der Waals surface area contributed by atoms with Gasteiger partial charge in [-0.1, -0.05) is 19.8 Å². The van der Waals surface area contributed by atoms with Crippen LogP contribution in [0.25, 0.3) is 0 Å². The van der Waals surface area contributed by atoms with Crippen LogP contribution in [0.4, 0.5) is 0 Å². The Morgan fingerprint density at radius 3 is 2.71 bits per heavy atom. The number of hydrogen-bond donors (Lipinski definition) is 1. The van der Waals surface area contributed by atoms with Crippen LogP contribution in [-0.2, 0) is 0 Å². The van der Waals surface area contributed by atoms with E-state index in [9.17, 15) is 0 Å². The quantitative estimate of drug-likeness (QED) is 0.722. The van der Waals surface area contributed by atoms with E-state index in [1.807, 2.05) is 0 Å². The molecule has 2 heteroatoms. The van der Waals surface area contributed by atoms with Gasteiger partial charge in [-0.15, -0.1) is 0 Å². The third-order valence-electron chi connectivity index (χ3n) is 3.71. The lowest BCUT2D eigenvalue weighted by molar-refractivity contribution is 0.169. The highest BCUT2D eigenvalue weighted by Crippen LogP contribution is 2.32. The Balaban J connectivity index is 1.71. The standard InChI is InChI=1S/C12H24N2/c1-2-14(9-7-11-5-6-11)12-4-3-8-13-10-12/h11-13H,2-10H2,1H3. The maximum absolute atomic E-state index is 3.51. The van der Waals surface area contributed by atoms with E-state index >= 15 is 0 Å². The highest BCUT2D eigenvalue weighted by Gasteiger charge is 2.24. The molecule has 1 heterocycles. The van der Waals surface area contributed by atoms with Crippen molar-refractivity contribution < 1.29 is 0 Å². The van der Waals surface area contributed by atoms with Crippen LogP contribution in [-0.4, -0.2) is 37.1 Å². The summed E-state index contributed by atoms with van der Waals surface area (Å²) < 4.78 is 0. The molecule has 1 aliphatic carbocycles. The molecule has 0 aromatic heterocycles. The number of likely N-dealkylation sites (N-methyl/N-ethyl adjacent to an activating group) is 1. The third kappa shape index (κ3) is 2.96. The van der Waals surface area contributed by atoms with E-state index in [1.165, 1.54) is 58.3 Å². The lowest BCUT2D eigenvalue weighted by Gasteiger charge is -2.33. The van der Waals surface area contributed by atoms with Gasteiger partial charge in [0.15, 0.2) is 0 Å². The minimum Gasteiger partial charge on any atom is -0.315 e. The first-order chi connectivity index (χ1) is 6.90. The summed E-state index contributed by atoms with van der Waals surface area (Å²) in [5.74, 6) is 1.08. The Kier molecular flexibility index (Phi) is 3.82. The largest absolute Gasteiger partial charge is 0.315 e. The van der Waals surface area contributed by atoms with Crippen molar-refractivity contribution in [3.05, 3.63) is 0 Å². The number of nitrogens with one attached hydrogen (secondary N) is 1. The molecular weight excluding hydrogens is 172 g/mol. The molecule has 1 N–H and O–H groups in total. The first kappa shape index (κ1) is 10.4. The van der Waals surface area contributed by atoms with Crippen LogP contribution in [0.3, 0.4) is 0 Å². The summed E-state index contributed by atoms with van der Waals surface area (Å²) in [6.07, 6.45) is 7.22. The summed E-state index contributed by atoms with van der Waals surface area (Å²) in [6, 6.07) is 0.826. The second-order valence-electron chi connectivity index (χ2n) is 4.86. The summed E-state index contributed by atoms with van der Waals surface area (Å²) in [4.78, 5) is 2.68. The van der Waals surface area contributed by atoms with Crippen molar-refractivity contribution in [1.82, 2.24) is 10.2 Å². The van der Waals surface area contributed by atoms with Gasteiger partial charge in [-0.3, -0.25) is 4.90 Å². The SMILES string of the molecule is CCN(CCC1CC1)C1CCCNC1. The predicted octanol–water partition coefficient (Wildman–Crippen LogP) is 1.86. The lowest BCUT2D eigenvalue weighted by atomic mass is 10.1. The molecule has 2 aliphatic rings. The summed E-state index contributed by atoms with van der Waals surface area (Å²) in [7, 11) is 0. The molecule has 1 unspecified atom stereocenters. The molecule has 0 radical (unpaired) electrons. The second-order valence-corrected chi connectivity index (χ2v) is 4.86. The minimum absolute atomic E-state index is 0.826. The van der Waals surface area contributed by atoms with Gasteiger partial charge in [-0.05, 0) is 44.8 Å². The molecule has 0 aromatic carbocycles. The topological polar surface area (TPSA) is 15.3 Å². The van der Waals surface area contributed by atoms with Crippen molar-refractivity contribution in [3.63, 3.8) is 0 Å². The van der Waals surface area contributed by atoms with E-state index in [1.54, 1.807) is 0 Å². The number of nitrogens with zero attached hydrogens (tertiary/aromatic N) is 1. The Bertz CT molecular complexity index is 160. The zero-order valence-electron chi connectivity index (χ0n) is 9.47. The van der Waals surface area contributed by atoms with E-state index in [2.05, 4.69) is 17.1 Å². The van der Waals surface area contributed by atoms with Crippen molar-refractivity contribution in [2.45, 2.75) is 45.1 Å². The molecule has 0 spiro atoms. The zero-order chi connectivity index (χ0) is 9.80. The molecule has 0 bridgehead atoms. The van der Waals surface area contributed by atoms with Crippen LogP contribution >= 0.6 is 0 Å². The van der Waals surface area contributed by atoms with Crippen molar-refractivity contribution in [2.75, 3.05) is 26.2 Å².